The number of rotatable bonds is 8. The van der Waals surface area contributed by atoms with E-state index >= 15 is 0 Å². The number of Topliss-reactive ketones (excluding diaryl/α,β-unsaturated/α-hetero) is 2. The molecule has 5 aromatic rings. The summed E-state index contributed by atoms with van der Waals surface area (Å²) in [6, 6.07) is 49.2. The van der Waals surface area contributed by atoms with Gasteiger partial charge in [-0.05, 0) is 22.8 Å². The van der Waals surface area contributed by atoms with Gasteiger partial charge in [0.2, 0.25) is 0 Å². The molecule has 3 heteroatoms. The van der Waals surface area contributed by atoms with Crippen molar-refractivity contribution >= 4 is 39.7 Å². The molecule has 0 heterocycles. The highest BCUT2D eigenvalue weighted by atomic mass is 31.2. The van der Waals surface area contributed by atoms with E-state index in [0.717, 1.165) is 15.9 Å². The van der Waals surface area contributed by atoms with Gasteiger partial charge in [0.15, 0.2) is 11.6 Å². The number of hydrogen-bond donors (Lipinski definition) is 0. The highest BCUT2D eigenvalue weighted by Crippen LogP contribution is 2.47. The normalized spacial score (nSPS) is 11.0. The van der Waals surface area contributed by atoms with Gasteiger partial charge in [0, 0.05) is 22.8 Å². The maximum absolute atomic E-state index is 14.5. The Hall–Kier alpha value is -4.26. The van der Waals surface area contributed by atoms with Gasteiger partial charge in [-0.1, -0.05) is 152 Å². The van der Waals surface area contributed by atoms with Gasteiger partial charge in [-0.25, -0.2) is 0 Å². The number of carbonyl (C=O) groups is 2. The number of carbonyl (C=O) groups excluding carboxylic acids is 2. The first-order valence-electron chi connectivity index (χ1n) is 12.3. The second kappa shape index (κ2) is 11.2. The zero-order chi connectivity index (χ0) is 25.5. The van der Waals surface area contributed by atoms with E-state index in [2.05, 4.69) is 36.4 Å². The highest BCUT2D eigenvalue weighted by molar-refractivity contribution is 7.96. The van der Waals surface area contributed by atoms with E-state index in [0.29, 0.717) is 16.4 Å². The molecular weight excluding hydrogens is 471 g/mol. The van der Waals surface area contributed by atoms with E-state index in [9.17, 15) is 9.59 Å². The maximum Gasteiger partial charge on any atom is 0.190 e. The lowest BCUT2D eigenvalue weighted by Crippen LogP contribution is -2.34. The average molecular weight is 499 g/mol. The molecule has 0 spiro atoms. The number of benzene rings is 5. The summed E-state index contributed by atoms with van der Waals surface area (Å²) in [7, 11) is 0. The molecule has 0 unspecified atom stereocenters. The SMILES string of the molecule is O=C(CC(C(=O)c1ccccc1)=P(c1ccccc1)(c1ccccc1)c1ccccc1)c1ccccc1. The van der Waals surface area contributed by atoms with E-state index in [1.54, 1.807) is 0 Å². The summed E-state index contributed by atoms with van der Waals surface area (Å²) in [6.07, 6.45) is 0.0319. The Bertz CT molecular complexity index is 1440. The molecule has 0 atom stereocenters. The van der Waals surface area contributed by atoms with Crippen molar-refractivity contribution in [2.75, 3.05) is 0 Å². The van der Waals surface area contributed by atoms with Crippen LogP contribution in [0.5, 0.6) is 0 Å². The zero-order valence-electron chi connectivity index (χ0n) is 20.4. The van der Waals surface area contributed by atoms with Crippen LogP contribution < -0.4 is 15.9 Å². The van der Waals surface area contributed by atoms with E-state index < -0.39 is 6.89 Å². The molecule has 0 fully saturated rings. The molecule has 0 bridgehead atoms. The molecule has 0 radical (unpaired) electrons. The van der Waals surface area contributed by atoms with Gasteiger partial charge in [0.25, 0.3) is 0 Å². The van der Waals surface area contributed by atoms with Gasteiger partial charge in [-0.15, -0.1) is 0 Å². The molecule has 0 aromatic heterocycles. The molecule has 0 amide bonds. The standard InChI is InChI=1S/C34H27O2P/c35-32(27-16-6-1-7-17-27)26-33(34(36)28-18-8-2-9-19-28)37(29-20-10-3-11-21-29,30-22-12-4-13-23-30)31-24-14-5-15-25-31/h1-25H,26H2. The Morgan fingerprint density at radius 2 is 0.757 bits per heavy atom. The van der Waals surface area contributed by atoms with Crippen LogP contribution in [0.3, 0.4) is 0 Å². The third-order valence-electron chi connectivity index (χ3n) is 6.56. The van der Waals surface area contributed by atoms with Gasteiger partial charge in [-0.3, -0.25) is 9.59 Å². The Labute approximate surface area is 218 Å². The molecule has 0 aliphatic heterocycles. The van der Waals surface area contributed by atoms with Gasteiger partial charge in [0.1, 0.15) is 0 Å². The fourth-order valence-corrected chi connectivity index (χ4v) is 9.36. The molecule has 0 aliphatic carbocycles. The molecule has 180 valence electrons. The lowest BCUT2D eigenvalue weighted by Gasteiger charge is -2.32. The van der Waals surface area contributed by atoms with Crippen molar-refractivity contribution in [3.05, 3.63) is 163 Å². The van der Waals surface area contributed by atoms with Crippen molar-refractivity contribution in [2.45, 2.75) is 6.42 Å². The van der Waals surface area contributed by atoms with Crippen LogP contribution >= 0.6 is 6.89 Å². The summed E-state index contributed by atoms with van der Waals surface area (Å²) in [5, 5.41) is 3.78. The largest absolute Gasteiger partial charge is 0.294 e. The Balaban J connectivity index is 1.93. The molecule has 0 saturated heterocycles. The Morgan fingerprint density at radius 1 is 0.432 bits per heavy atom. The summed E-state index contributed by atoms with van der Waals surface area (Å²) >= 11 is 0. The maximum atomic E-state index is 14.5. The zero-order valence-corrected chi connectivity index (χ0v) is 21.3. The number of ketones is 2. The Morgan fingerprint density at radius 3 is 1.14 bits per heavy atom. The van der Waals surface area contributed by atoms with Crippen LogP contribution in [0.25, 0.3) is 0 Å². The molecular formula is C34H27O2P. The van der Waals surface area contributed by atoms with Crippen LogP contribution in [0.1, 0.15) is 27.1 Å². The van der Waals surface area contributed by atoms with Crippen LogP contribution in [-0.4, -0.2) is 16.9 Å². The Kier molecular flexibility index (Phi) is 7.40. The van der Waals surface area contributed by atoms with Crippen LogP contribution in [0.2, 0.25) is 0 Å². The van der Waals surface area contributed by atoms with Gasteiger partial charge in [0.05, 0.1) is 0 Å². The summed E-state index contributed by atoms with van der Waals surface area (Å²) in [5.74, 6) is -0.151. The van der Waals surface area contributed by atoms with E-state index in [1.165, 1.54) is 0 Å². The second-order valence-electron chi connectivity index (χ2n) is 8.79. The van der Waals surface area contributed by atoms with E-state index in [-0.39, 0.29) is 18.0 Å². The minimum Gasteiger partial charge on any atom is -0.294 e. The van der Waals surface area contributed by atoms with E-state index in [4.69, 9.17) is 0 Å². The van der Waals surface area contributed by atoms with Crippen molar-refractivity contribution in [3.63, 3.8) is 0 Å². The predicted octanol–water partition coefficient (Wildman–Crippen LogP) is 6.31. The smallest absolute Gasteiger partial charge is 0.190 e. The fraction of sp³-hybridized carbons (Fsp3) is 0.0294. The molecule has 5 aromatic carbocycles. The average Bonchev–Trinajstić information content (AvgIpc) is 2.99. The summed E-state index contributed by atoms with van der Waals surface area (Å²) < 4.78 is 0. The first-order chi connectivity index (χ1) is 18.2. The van der Waals surface area contributed by atoms with E-state index in [1.807, 2.05) is 115 Å². The summed E-state index contributed by atoms with van der Waals surface area (Å²) in [4.78, 5) is 28.3. The fourth-order valence-electron chi connectivity index (χ4n) is 4.86. The molecule has 37 heavy (non-hydrogen) atoms. The molecule has 5 rings (SSSR count). The number of hydrogen-bond acceptors (Lipinski definition) is 2. The van der Waals surface area contributed by atoms with Crippen LogP contribution in [0.4, 0.5) is 0 Å². The van der Waals surface area contributed by atoms with Crippen molar-refractivity contribution in [3.8, 4) is 0 Å². The van der Waals surface area contributed by atoms with Crippen molar-refractivity contribution < 1.29 is 9.59 Å². The lowest BCUT2D eigenvalue weighted by molar-refractivity contribution is 0.0987. The second-order valence-corrected chi connectivity index (χ2v) is 12.2. The molecule has 2 nitrogen and oxygen atoms in total. The molecule has 0 N–H and O–H groups in total. The van der Waals surface area contributed by atoms with Crippen molar-refractivity contribution in [1.29, 1.82) is 0 Å². The van der Waals surface area contributed by atoms with Crippen molar-refractivity contribution in [1.82, 2.24) is 0 Å². The van der Waals surface area contributed by atoms with Crippen molar-refractivity contribution in [2.24, 2.45) is 0 Å². The van der Waals surface area contributed by atoms with Crippen LogP contribution in [0.15, 0.2) is 152 Å². The minimum absolute atomic E-state index is 0.0319. The summed E-state index contributed by atoms with van der Waals surface area (Å²) in [6.45, 7) is -2.71. The van der Waals surface area contributed by atoms with Gasteiger partial charge < -0.3 is 0 Å². The third kappa shape index (κ3) is 4.89. The molecule has 0 saturated carbocycles. The third-order valence-corrected chi connectivity index (χ3v) is 10.9. The molecule has 0 aliphatic rings. The quantitative estimate of drug-likeness (QED) is 0.186. The first-order valence-corrected chi connectivity index (χ1v) is 14.1. The van der Waals surface area contributed by atoms with Crippen LogP contribution in [-0.2, 0) is 0 Å². The minimum atomic E-state index is -2.71. The van der Waals surface area contributed by atoms with Gasteiger partial charge >= 0.3 is 0 Å². The monoisotopic (exact) mass is 498 g/mol. The highest BCUT2D eigenvalue weighted by Gasteiger charge is 2.34. The topological polar surface area (TPSA) is 34.1 Å². The first kappa shape index (κ1) is 24.4. The van der Waals surface area contributed by atoms with Crippen LogP contribution in [0, 0.1) is 0 Å². The summed E-state index contributed by atoms with van der Waals surface area (Å²) in [5.41, 5.74) is 1.19. The lowest BCUT2D eigenvalue weighted by atomic mass is 10.0. The van der Waals surface area contributed by atoms with Gasteiger partial charge in [-0.2, -0.15) is 0 Å². The predicted molar refractivity (Wildman–Crippen MR) is 156 cm³/mol.